The minimum atomic E-state index is -0.259. The van der Waals surface area contributed by atoms with Crippen LogP contribution >= 0.6 is 0 Å². The van der Waals surface area contributed by atoms with Crippen molar-refractivity contribution in [3.63, 3.8) is 0 Å². The number of halogens is 1. The first-order valence-electron chi connectivity index (χ1n) is 7.31. The Kier molecular flexibility index (Phi) is 2.55. The number of imidazole rings is 1. The number of H-pyrrole nitrogens is 1. The van der Waals surface area contributed by atoms with Gasteiger partial charge in [-0.15, -0.1) is 0 Å². The van der Waals surface area contributed by atoms with Gasteiger partial charge in [0.2, 0.25) is 0 Å². The number of hydrogen-bond donors (Lipinski definition) is 1. The molecule has 0 fully saturated rings. The molecule has 0 amide bonds. The van der Waals surface area contributed by atoms with Crippen molar-refractivity contribution >= 4 is 32.7 Å². The molecule has 0 radical (unpaired) electrons. The van der Waals surface area contributed by atoms with Crippen LogP contribution in [0, 0.1) is 5.82 Å². The van der Waals surface area contributed by atoms with Gasteiger partial charge in [0.25, 0.3) is 0 Å². The number of nitrogens with one attached hydrogen (secondary N) is 1. The molecule has 4 rings (SSSR count). The lowest BCUT2D eigenvalue weighted by molar-refractivity contribution is 0.554. The van der Waals surface area contributed by atoms with Gasteiger partial charge in [0.05, 0.1) is 16.6 Å². The number of aromatic nitrogens is 3. The maximum Gasteiger partial charge on any atom is 0.123 e. The molecule has 0 aliphatic rings. The van der Waals surface area contributed by atoms with E-state index in [9.17, 15) is 4.39 Å². The van der Waals surface area contributed by atoms with Crippen molar-refractivity contribution in [2.45, 2.75) is 26.2 Å². The van der Waals surface area contributed by atoms with Gasteiger partial charge < -0.3 is 4.98 Å². The third-order valence-electron chi connectivity index (χ3n) is 3.98. The van der Waals surface area contributed by atoms with Crippen LogP contribution in [0.5, 0.6) is 0 Å². The summed E-state index contributed by atoms with van der Waals surface area (Å²) in [6.07, 6.45) is 1.74. The van der Waals surface area contributed by atoms with Crippen LogP contribution in [0.2, 0.25) is 0 Å². The summed E-state index contributed by atoms with van der Waals surface area (Å²) in [5, 5.41) is 2.70. The van der Waals surface area contributed by atoms with Crippen molar-refractivity contribution in [2.24, 2.45) is 0 Å². The Balaban J connectivity index is 2.29. The van der Waals surface area contributed by atoms with E-state index >= 15 is 0 Å². The molecule has 2 aromatic carbocycles. The number of rotatable bonds is 0. The van der Waals surface area contributed by atoms with Crippen LogP contribution in [0.3, 0.4) is 0 Å². The molecule has 0 aliphatic carbocycles. The first-order chi connectivity index (χ1) is 10.4. The van der Waals surface area contributed by atoms with E-state index in [1.54, 1.807) is 12.3 Å². The molecule has 4 heteroatoms. The van der Waals surface area contributed by atoms with E-state index in [-0.39, 0.29) is 11.2 Å². The zero-order chi connectivity index (χ0) is 15.5. The lowest BCUT2D eigenvalue weighted by atomic mass is 9.96. The van der Waals surface area contributed by atoms with E-state index in [2.05, 4.69) is 30.7 Å². The standard InChI is InChI=1S/C18H16FN3/c1-18(2,3)17-21-15-11-7-6-10(19)9-13(11)14-12(16(15)22-17)5-4-8-20-14/h4-9H,1-3H3,(H,21,22). The smallest absolute Gasteiger partial charge is 0.123 e. The Morgan fingerprint density at radius 1 is 1.00 bits per heavy atom. The topological polar surface area (TPSA) is 41.6 Å². The molecule has 2 heterocycles. The summed E-state index contributed by atoms with van der Waals surface area (Å²) in [5.41, 5.74) is 2.56. The second-order valence-electron chi connectivity index (χ2n) is 6.65. The van der Waals surface area contributed by atoms with Crippen LogP contribution in [0.4, 0.5) is 4.39 Å². The molecule has 0 saturated carbocycles. The second kappa shape index (κ2) is 4.26. The Hall–Kier alpha value is -2.49. The van der Waals surface area contributed by atoms with E-state index in [1.165, 1.54) is 12.1 Å². The summed E-state index contributed by atoms with van der Waals surface area (Å²) >= 11 is 0. The fraction of sp³-hybridized carbons (Fsp3) is 0.222. The molecule has 0 bridgehead atoms. The molecular weight excluding hydrogens is 277 g/mol. The summed E-state index contributed by atoms with van der Waals surface area (Å²) in [6.45, 7) is 6.35. The maximum atomic E-state index is 13.7. The number of nitrogens with zero attached hydrogens (tertiary/aromatic N) is 2. The summed E-state index contributed by atoms with van der Waals surface area (Å²) in [6, 6.07) is 8.69. The predicted octanol–water partition coefficient (Wildman–Crippen LogP) is 4.70. The number of benzene rings is 2. The van der Waals surface area contributed by atoms with Gasteiger partial charge >= 0.3 is 0 Å². The monoisotopic (exact) mass is 293 g/mol. The molecule has 0 spiro atoms. The Morgan fingerprint density at radius 2 is 1.82 bits per heavy atom. The van der Waals surface area contributed by atoms with Crippen LogP contribution in [0.1, 0.15) is 26.6 Å². The molecule has 0 unspecified atom stereocenters. The lowest BCUT2D eigenvalue weighted by Gasteiger charge is -2.13. The molecular formula is C18H16FN3. The Bertz CT molecular complexity index is 1030. The number of fused-ring (bicyclic) bond motifs is 6. The van der Waals surface area contributed by atoms with Crippen molar-refractivity contribution in [1.29, 1.82) is 0 Å². The van der Waals surface area contributed by atoms with Gasteiger partial charge in [-0.05, 0) is 30.3 Å². The molecule has 0 aliphatic heterocycles. The highest BCUT2D eigenvalue weighted by Crippen LogP contribution is 2.34. The number of pyridine rings is 1. The third-order valence-corrected chi connectivity index (χ3v) is 3.98. The van der Waals surface area contributed by atoms with E-state index in [1.807, 2.05) is 12.1 Å². The zero-order valence-electron chi connectivity index (χ0n) is 12.7. The summed E-state index contributed by atoms with van der Waals surface area (Å²) in [7, 11) is 0. The van der Waals surface area contributed by atoms with Crippen LogP contribution < -0.4 is 0 Å². The molecule has 3 nitrogen and oxygen atoms in total. The fourth-order valence-corrected chi connectivity index (χ4v) is 2.86. The lowest BCUT2D eigenvalue weighted by Crippen LogP contribution is -2.12. The first-order valence-corrected chi connectivity index (χ1v) is 7.31. The maximum absolute atomic E-state index is 13.7. The molecule has 22 heavy (non-hydrogen) atoms. The number of hydrogen-bond acceptors (Lipinski definition) is 2. The van der Waals surface area contributed by atoms with E-state index in [0.29, 0.717) is 0 Å². The van der Waals surface area contributed by atoms with Gasteiger partial charge in [-0.2, -0.15) is 0 Å². The first kappa shape index (κ1) is 13.2. The molecule has 4 aromatic rings. The fourth-order valence-electron chi connectivity index (χ4n) is 2.86. The minimum Gasteiger partial charge on any atom is -0.341 e. The quantitative estimate of drug-likeness (QED) is 0.477. The minimum absolute atomic E-state index is 0.0834. The highest BCUT2D eigenvalue weighted by atomic mass is 19.1. The Labute approximate surface area is 127 Å². The molecule has 110 valence electrons. The van der Waals surface area contributed by atoms with Gasteiger partial charge in [0.15, 0.2) is 0 Å². The third kappa shape index (κ3) is 1.80. The van der Waals surface area contributed by atoms with Crippen LogP contribution in [0.15, 0.2) is 36.5 Å². The predicted molar refractivity (Wildman–Crippen MR) is 87.6 cm³/mol. The van der Waals surface area contributed by atoms with Crippen LogP contribution in [-0.4, -0.2) is 15.0 Å². The highest BCUT2D eigenvalue weighted by Gasteiger charge is 2.21. The van der Waals surface area contributed by atoms with Crippen LogP contribution in [-0.2, 0) is 5.41 Å². The van der Waals surface area contributed by atoms with Crippen molar-refractivity contribution < 1.29 is 4.39 Å². The van der Waals surface area contributed by atoms with Gasteiger partial charge in [-0.25, -0.2) is 9.37 Å². The Morgan fingerprint density at radius 3 is 2.59 bits per heavy atom. The molecule has 2 aromatic heterocycles. The van der Waals surface area contributed by atoms with Gasteiger partial charge in [0, 0.05) is 27.8 Å². The average Bonchev–Trinajstić information content (AvgIpc) is 2.93. The highest BCUT2D eigenvalue weighted by molar-refractivity contribution is 6.21. The van der Waals surface area contributed by atoms with E-state index in [0.717, 1.165) is 38.5 Å². The van der Waals surface area contributed by atoms with Crippen molar-refractivity contribution in [1.82, 2.24) is 15.0 Å². The second-order valence-corrected chi connectivity index (χ2v) is 6.65. The molecule has 0 atom stereocenters. The van der Waals surface area contributed by atoms with Crippen molar-refractivity contribution in [3.05, 3.63) is 48.2 Å². The average molecular weight is 293 g/mol. The molecule has 1 N–H and O–H groups in total. The van der Waals surface area contributed by atoms with Crippen molar-refractivity contribution in [3.8, 4) is 0 Å². The van der Waals surface area contributed by atoms with Gasteiger partial charge in [-0.3, -0.25) is 4.98 Å². The van der Waals surface area contributed by atoms with Crippen molar-refractivity contribution in [2.75, 3.05) is 0 Å². The summed E-state index contributed by atoms with van der Waals surface area (Å²) in [4.78, 5) is 12.7. The summed E-state index contributed by atoms with van der Waals surface area (Å²) in [5.74, 6) is 0.662. The van der Waals surface area contributed by atoms with Gasteiger partial charge in [0.1, 0.15) is 11.6 Å². The SMILES string of the molecule is CC(C)(C)c1nc2c3ccc(F)cc3c3ncccc3c2[nH]1. The zero-order valence-corrected chi connectivity index (χ0v) is 12.7. The molecule has 0 saturated heterocycles. The van der Waals surface area contributed by atoms with E-state index in [4.69, 9.17) is 4.98 Å². The van der Waals surface area contributed by atoms with Crippen LogP contribution in [0.25, 0.3) is 32.7 Å². The largest absolute Gasteiger partial charge is 0.341 e. The van der Waals surface area contributed by atoms with Gasteiger partial charge in [-0.1, -0.05) is 20.8 Å². The normalized spacial score (nSPS) is 12.5. The van der Waals surface area contributed by atoms with E-state index < -0.39 is 0 Å². The number of aromatic amines is 1. The summed E-state index contributed by atoms with van der Waals surface area (Å²) < 4.78 is 13.7.